The van der Waals surface area contributed by atoms with Crippen molar-refractivity contribution in [1.82, 2.24) is 0 Å². The number of aliphatic hydroxyl groups is 1. The minimum absolute atomic E-state index is 0.145. The monoisotopic (exact) mass is 262 g/mol. The largest absolute Gasteiger partial charge is 0.466 e. The van der Waals surface area contributed by atoms with Gasteiger partial charge in [-0.25, -0.2) is 0 Å². The third-order valence-electron chi connectivity index (χ3n) is 3.81. The molecule has 19 heavy (non-hydrogen) atoms. The average molecular weight is 262 g/mol. The first-order valence-electron chi connectivity index (χ1n) is 7.07. The lowest BCUT2D eigenvalue weighted by atomic mass is 9.75. The van der Waals surface area contributed by atoms with Crippen LogP contribution in [-0.2, 0) is 9.53 Å². The van der Waals surface area contributed by atoms with Crippen molar-refractivity contribution in [2.75, 3.05) is 6.61 Å². The van der Waals surface area contributed by atoms with Crippen LogP contribution >= 0.6 is 0 Å². The van der Waals surface area contributed by atoms with Crippen molar-refractivity contribution >= 4 is 5.97 Å². The minimum Gasteiger partial charge on any atom is -0.466 e. The lowest BCUT2D eigenvalue weighted by Gasteiger charge is -2.32. The quantitative estimate of drug-likeness (QED) is 0.849. The molecule has 104 valence electrons. The van der Waals surface area contributed by atoms with Crippen LogP contribution in [0.25, 0.3) is 0 Å². The van der Waals surface area contributed by atoms with Crippen LogP contribution in [0, 0.1) is 5.92 Å². The highest BCUT2D eigenvalue weighted by atomic mass is 16.5. The molecule has 1 aliphatic rings. The Morgan fingerprint density at radius 2 is 2.00 bits per heavy atom. The van der Waals surface area contributed by atoms with Crippen LogP contribution in [0.3, 0.4) is 0 Å². The SMILES string of the molecule is CCOC(=O)C[C@H]1C[C@@H](O)C[C@@H](c2ccccc2)C1. The summed E-state index contributed by atoms with van der Waals surface area (Å²) in [5.41, 5.74) is 1.26. The van der Waals surface area contributed by atoms with Gasteiger partial charge in [0.15, 0.2) is 0 Å². The van der Waals surface area contributed by atoms with Crippen LogP contribution in [0.2, 0.25) is 0 Å². The van der Waals surface area contributed by atoms with Crippen molar-refractivity contribution in [2.24, 2.45) is 5.92 Å². The third-order valence-corrected chi connectivity index (χ3v) is 3.81. The van der Waals surface area contributed by atoms with Crippen molar-refractivity contribution in [3.63, 3.8) is 0 Å². The zero-order valence-electron chi connectivity index (χ0n) is 11.4. The van der Waals surface area contributed by atoms with E-state index in [0.717, 1.165) is 12.8 Å². The van der Waals surface area contributed by atoms with Crippen molar-refractivity contribution in [1.29, 1.82) is 0 Å². The predicted molar refractivity (Wildman–Crippen MR) is 73.8 cm³/mol. The lowest BCUT2D eigenvalue weighted by molar-refractivity contribution is -0.144. The van der Waals surface area contributed by atoms with Crippen molar-refractivity contribution in [3.05, 3.63) is 35.9 Å². The first-order valence-corrected chi connectivity index (χ1v) is 7.07. The van der Waals surface area contributed by atoms with Gasteiger partial charge < -0.3 is 9.84 Å². The molecular formula is C16H22O3. The summed E-state index contributed by atoms with van der Waals surface area (Å²) in [6.07, 6.45) is 2.58. The van der Waals surface area contributed by atoms with Gasteiger partial charge in [-0.3, -0.25) is 4.79 Å². The predicted octanol–water partition coefficient (Wildman–Crippen LogP) is 2.88. The topological polar surface area (TPSA) is 46.5 Å². The van der Waals surface area contributed by atoms with E-state index in [4.69, 9.17) is 4.74 Å². The highest BCUT2D eigenvalue weighted by molar-refractivity contribution is 5.69. The van der Waals surface area contributed by atoms with Crippen LogP contribution in [0.4, 0.5) is 0 Å². The van der Waals surface area contributed by atoms with E-state index >= 15 is 0 Å². The molecule has 3 heteroatoms. The Morgan fingerprint density at radius 3 is 2.68 bits per heavy atom. The summed E-state index contributed by atoms with van der Waals surface area (Å²) in [6, 6.07) is 10.3. The second-order valence-electron chi connectivity index (χ2n) is 5.34. The van der Waals surface area contributed by atoms with E-state index in [1.54, 1.807) is 0 Å². The smallest absolute Gasteiger partial charge is 0.306 e. The highest BCUT2D eigenvalue weighted by Gasteiger charge is 2.30. The van der Waals surface area contributed by atoms with Gasteiger partial charge in [0.1, 0.15) is 0 Å². The van der Waals surface area contributed by atoms with Gasteiger partial charge >= 0.3 is 5.97 Å². The second kappa shape index (κ2) is 6.71. The molecule has 0 radical (unpaired) electrons. The molecule has 3 atom stereocenters. The molecule has 0 heterocycles. The maximum absolute atomic E-state index is 11.6. The number of hydrogen-bond donors (Lipinski definition) is 1. The zero-order chi connectivity index (χ0) is 13.7. The average Bonchev–Trinajstić information content (AvgIpc) is 2.39. The van der Waals surface area contributed by atoms with E-state index in [-0.39, 0.29) is 18.0 Å². The van der Waals surface area contributed by atoms with Crippen LogP contribution < -0.4 is 0 Å². The molecule has 0 unspecified atom stereocenters. The number of esters is 1. The van der Waals surface area contributed by atoms with Gasteiger partial charge in [0, 0.05) is 6.42 Å². The summed E-state index contributed by atoms with van der Waals surface area (Å²) < 4.78 is 5.00. The van der Waals surface area contributed by atoms with E-state index in [2.05, 4.69) is 12.1 Å². The van der Waals surface area contributed by atoms with Gasteiger partial charge in [-0.15, -0.1) is 0 Å². The fourth-order valence-electron chi connectivity index (χ4n) is 3.02. The maximum Gasteiger partial charge on any atom is 0.306 e. The fourth-order valence-corrected chi connectivity index (χ4v) is 3.02. The first kappa shape index (κ1) is 14.1. The third kappa shape index (κ3) is 4.06. The molecule has 1 saturated carbocycles. The fraction of sp³-hybridized carbons (Fsp3) is 0.562. The Morgan fingerprint density at radius 1 is 1.26 bits per heavy atom. The molecule has 1 aliphatic carbocycles. The summed E-state index contributed by atoms with van der Waals surface area (Å²) in [6.45, 7) is 2.25. The molecule has 2 rings (SSSR count). The number of benzene rings is 1. The number of carbonyl (C=O) groups is 1. The molecule has 1 aromatic carbocycles. The maximum atomic E-state index is 11.6. The number of rotatable bonds is 4. The summed E-state index contributed by atoms with van der Waals surface area (Å²) in [5.74, 6) is 0.436. The zero-order valence-corrected chi connectivity index (χ0v) is 11.4. The van der Waals surface area contributed by atoms with Crippen LogP contribution in [-0.4, -0.2) is 23.8 Å². The van der Waals surface area contributed by atoms with Gasteiger partial charge in [-0.1, -0.05) is 30.3 Å². The number of carbonyl (C=O) groups excluding carboxylic acids is 1. The van der Waals surface area contributed by atoms with Gasteiger partial charge in [-0.05, 0) is 43.6 Å². The molecule has 0 saturated heterocycles. The van der Waals surface area contributed by atoms with Crippen LogP contribution in [0.5, 0.6) is 0 Å². The molecule has 0 aliphatic heterocycles. The second-order valence-corrected chi connectivity index (χ2v) is 5.34. The Bertz CT molecular complexity index is 402. The Balaban J connectivity index is 1.98. The lowest BCUT2D eigenvalue weighted by Crippen LogP contribution is -2.27. The summed E-state index contributed by atoms with van der Waals surface area (Å²) in [4.78, 5) is 11.6. The number of hydrogen-bond acceptors (Lipinski definition) is 3. The first-order chi connectivity index (χ1) is 9.19. The number of aliphatic hydroxyl groups excluding tert-OH is 1. The molecule has 3 nitrogen and oxygen atoms in total. The van der Waals surface area contributed by atoms with Crippen molar-refractivity contribution in [3.8, 4) is 0 Å². The molecule has 0 bridgehead atoms. The van der Waals surface area contributed by atoms with E-state index in [9.17, 15) is 9.90 Å². The molecule has 1 N–H and O–H groups in total. The standard InChI is InChI=1S/C16H22O3/c1-2-19-16(18)10-12-8-14(11-15(17)9-12)13-6-4-3-5-7-13/h3-7,12,14-15,17H,2,8-11H2,1H3/t12-,14+,15-/m1/s1. The molecule has 1 aromatic rings. The summed E-state index contributed by atoms with van der Waals surface area (Å²) in [5, 5.41) is 10.0. The highest BCUT2D eigenvalue weighted by Crippen LogP contribution is 2.37. The molecule has 0 amide bonds. The van der Waals surface area contributed by atoms with Gasteiger partial charge in [-0.2, -0.15) is 0 Å². The Labute approximate surface area is 114 Å². The van der Waals surface area contributed by atoms with E-state index in [1.807, 2.05) is 25.1 Å². The molecule has 0 spiro atoms. The molecular weight excluding hydrogens is 240 g/mol. The van der Waals surface area contributed by atoms with Crippen molar-refractivity contribution < 1.29 is 14.6 Å². The van der Waals surface area contributed by atoms with Gasteiger partial charge in [0.05, 0.1) is 12.7 Å². The van der Waals surface area contributed by atoms with Crippen LogP contribution in [0.15, 0.2) is 30.3 Å². The number of ether oxygens (including phenoxy) is 1. The van der Waals surface area contributed by atoms with E-state index < -0.39 is 0 Å². The molecule has 0 aromatic heterocycles. The Kier molecular flexibility index (Phi) is 4.97. The summed E-state index contributed by atoms with van der Waals surface area (Å²) in [7, 11) is 0. The van der Waals surface area contributed by atoms with Crippen molar-refractivity contribution in [2.45, 2.75) is 44.6 Å². The van der Waals surface area contributed by atoms with Gasteiger partial charge in [0.2, 0.25) is 0 Å². The minimum atomic E-state index is -0.307. The van der Waals surface area contributed by atoms with Crippen LogP contribution in [0.1, 0.15) is 44.1 Å². The normalized spacial score (nSPS) is 26.9. The van der Waals surface area contributed by atoms with E-state index in [0.29, 0.717) is 25.4 Å². The Hall–Kier alpha value is -1.35. The van der Waals surface area contributed by atoms with E-state index in [1.165, 1.54) is 5.56 Å². The molecule has 1 fully saturated rings. The summed E-state index contributed by atoms with van der Waals surface area (Å²) >= 11 is 0. The van der Waals surface area contributed by atoms with Gasteiger partial charge in [0.25, 0.3) is 0 Å².